The van der Waals surface area contributed by atoms with Crippen molar-refractivity contribution in [2.75, 3.05) is 5.32 Å². The molecule has 1 saturated carbocycles. The van der Waals surface area contributed by atoms with Gasteiger partial charge in [-0.1, -0.05) is 0 Å². The van der Waals surface area contributed by atoms with Crippen LogP contribution in [-0.4, -0.2) is 11.7 Å². The van der Waals surface area contributed by atoms with Crippen molar-refractivity contribution in [1.82, 2.24) is 0 Å². The summed E-state index contributed by atoms with van der Waals surface area (Å²) >= 11 is 0. The monoisotopic (exact) mass is 233 g/mol. The van der Waals surface area contributed by atoms with Gasteiger partial charge in [0.15, 0.2) is 11.5 Å². The molecular weight excluding hydrogens is 218 g/mol. The molecule has 0 bridgehead atoms. The number of rotatable bonds is 1. The van der Waals surface area contributed by atoms with Crippen LogP contribution in [0.3, 0.4) is 0 Å². The summed E-state index contributed by atoms with van der Waals surface area (Å²) in [5.74, 6) is 0.996. The number of fused-ring (bicyclic) bond motifs is 1. The van der Waals surface area contributed by atoms with Gasteiger partial charge in [-0.3, -0.25) is 4.79 Å². The van der Waals surface area contributed by atoms with Gasteiger partial charge in [-0.05, 0) is 25.0 Å². The highest BCUT2D eigenvalue weighted by molar-refractivity contribution is 5.89. The Bertz CT molecular complexity index is 464. The summed E-state index contributed by atoms with van der Waals surface area (Å²) in [6.07, 6.45) is 4.17. The largest absolute Gasteiger partial charge is 0.448 e. The molecule has 0 saturated heterocycles. The Morgan fingerprint density at radius 3 is 2.65 bits per heavy atom. The van der Waals surface area contributed by atoms with Crippen molar-refractivity contribution in [3.8, 4) is 11.5 Å². The number of amides is 1. The maximum atomic E-state index is 11.0. The van der Waals surface area contributed by atoms with E-state index in [1.165, 1.54) is 6.92 Å². The van der Waals surface area contributed by atoms with Crippen molar-refractivity contribution in [2.45, 2.75) is 38.4 Å². The first-order valence-corrected chi connectivity index (χ1v) is 5.97. The molecule has 1 aromatic carbocycles. The third kappa shape index (κ3) is 1.84. The second-order valence-electron chi connectivity index (χ2n) is 4.66. The first kappa shape index (κ1) is 10.4. The summed E-state index contributed by atoms with van der Waals surface area (Å²) in [5, 5.41) is 2.74. The normalized spacial score (nSPS) is 19.6. The van der Waals surface area contributed by atoms with E-state index in [9.17, 15) is 4.79 Å². The van der Waals surface area contributed by atoms with E-state index in [0.29, 0.717) is 0 Å². The van der Waals surface area contributed by atoms with Gasteiger partial charge >= 0.3 is 0 Å². The second-order valence-corrected chi connectivity index (χ2v) is 4.66. The lowest BCUT2D eigenvalue weighted by molar-refractivity contribution is -0.114. The smallest absolute Gasteiger partial charge is 0.251 e. The van der Waals surface area contributed by atoms with E-state index in [0.717, 1.165) is 42.9 Å². The number of benzene rings is 1. The molecule has 1 aliphatic heterocycles. The Labute approximate surface area is 99.9 Å². The highest BCUT2D eigenvalue weighted by Gasteiger charge is 2.43. The lowest BCUT2D eigenvalue weighted by Gasteiger charge is -2.21. The Morgan fingerprint density at radius 1 is 1.24 bits per heavy atom. The quantitative estimate of drug-likeness (QED) is 0.811. The summed E-state index contributed by atoms with van der Waals surface area (Å²) in [6, 6.07) is 5.51. The second kappa shape index (κ2) is 3.65. The van der Waals surface area contributed by atoms with Crippen molar-refractivity contribution < 1.29 is 14.3 Å². The molecule has 3 rings (SSSR count). The van der Waals surface area contributed by atoms with Crippen molar-refractivity contribution in [2.24, 2.45) is 0 Å². The molecule has 0 radical (unpaired) electrons. The molecule has 1 aromatic rings. The fourth-order valence-electron chi connectivity index (χ4n) is 2.49. The van der Waals surface area contributed by atoms with Gasteiger partial charge in [0.2, 0.25) is 5.91 Å². The van der Waals surface area contributed by atoms with Crippen LogP contribution >= 0.6 is 0 Å². The summed E-state index contributed by atoms with van der Waals surface area (Å²) in [7, 11) is 0. The Balaban J connectivity index is 1.85. The Morgan fingerprint density at radius 2 is 1.94 bits per heavy atom. The average Bonchev–Trinajstić information content (AvgIpc) is 2.84. The van der Waals surface area contributed by atoms with Gasteiger partial charge < -0.3 is 14.8 Å². The van der Waals surface area contributed by atoms with E-state index in [2.05, 4.69) is 5.32 Å². The van der Waals surface area contributed by atoms with E-state index in [-0.39, 0.29) is 5.91 Å². The molecule has 4 nitrogen and oxygen atoms in total. The zero-order valence-corrected chi connectivity index (χ0v) is 9.79. The van der Waals surface area contributed by atoms with Crippen LogP contribution in [0.15, 0.2) is 18.2 Å². The lowest BCUT2D eigenvalue weighted by atomic mass is 10.2. The van der Waals surface area contributed by atoms with Gasteiger partial charge in [-0.2, -0.15) is 0 Å². The van der Waals surface area contributed by atoms with Gasteiger partial charge in [-0.25, -0.2) is 0 Å². The van der Waals surface area contributed by atoms with E-state index in [1.807, 2.05) is 18.2 Å². The third-order valence-corrected chi connectivity index (χ3v) is 3.22. The lowest BCUT2D eigenvalue weighted by Crippen LogP contribution is -2.34. The predicted molar refractivity (Wildman–Crippen MR) is 63.2 cm³/mol. The molecule has 1 spiro atoms. The van der Waals surface area contributed by atoms with Gasteiger partial charge in [0.05, 0.1) is 0 Å². The topological polar surface area (TPSA) is 47.6 Å². The molecule has 0 unspecified atom stereocenters. The number of hydrogen-bond acceptors (Lipinski definition) is 3. The van der Waals surface area contributed by atoms with Crippen LogP contribution in [0.5, 0.6) is 11.5 Å². The number of nitrogens with one attached hydrogen (secondary N) is 1. The number of anilines is 1. The van der Waals surface area contributed by atoms with E-state index < -0.39 is 5.79 Å². The zero-order valence-electron chi connectivity index (χ0n) is 9.79. The Hall–Kier alpha value is -1.71. The van der Waals surface area contributed by atoms with Crippen LogP contribution in [0.1, 0.15) is 32.6 Å². The summed E-state index contributed by atoms with van der Waals surface area (Å²) in [4.78, 5) is 11.0. The number of carbonyl (C=O) groups excluding carboxylic acids is 1. The molecule has 4 heteroatoms. The fourth-order valence-corrected chi connectivity index (χ4v) is 2.49. The molecule has 1 N–H and O–H groups in total. The molecule has 2 aliphatic rings. The van der Waals surface area contributed by atoms with Gasteiger partial charge in [0, 0.05) is 31.5 Å². The maximum absolute atomic E-state index is 11.0. The Kier molecular flexibility index (Phi) is 2.24. The molecule has 17 heavy (non-hydrogen) atoms. The van der Waals surface area contributed by atoms with Crippen molar-refractivity contribution in [1.29, 1.82) is 0 Å². The minimum absolute atomic E-state index is 0.0838. The van der Waals surface area contributed by atoms with Gasteiger partial charge in [0.1, 0.15) is 0 Å². The summed E-state index contributed by atoms with van der Waals surface area (Å²) < 4.78 is 11.8. The van der Waals surface area contributed by atoms with E-state index in [4.69, 9.17) is 9.47 Å². The molecule has 1 fully saturated rings. The standard InChI is InChI=1S/C13H15NO3/c1-9(15)14-10-4-5-11-12(8-10)17-13(16-11)6-2-3-7-13/h4-5,8H,2-3,6-7H2,1H3,(H,14,15). The summed E-state index contributed by atoms with van der Waals surface area (Å²) in [5.41, 5.74) is 0.745. The molecule has 1 amide bonds. The maximum Gasteiger partial charge on any atom is 0.251 e. The van der Waals surface area contributed by atoms with Crippen molar-refractivity contribution in [3.63, 3.8) is 0 Å². The van der Waals surface area contributed by atoms with E-state index in [1.54, 1.807) is 0 Å². The fraction of sp³-hybridized carbons (Fsp3) is 0.462. The van der Waals surface area contributed by atoms with Crippen LogP contribution in [0, 0.1) is 0 Å². The number of carbonyl (C=O) groups is 1. The zero-order chi connectivity index (χ0) is 11.9. The summed E-state index contributed by atoms with van der Waals surface area (Å²) in [6.45, 7) is 1.49. The minimum atomic E-state index is -0.433. The van der Waals surface area contributed by atoms with Crippen molar-refractivity contribution >= 4 is 11.6 Å². The van der Waals surface area contributed by atoms with E-state index >= 15 is 0 Å². The first-order chi connectivity index (χ1) is 8.17. The van der Waals surface area contributed by atoms with Crippen LogP contribution in [-0.2, 0) is 4.79 Å². The molecule has 0 aromatic heterocycles. The van der Waals surface area contributed by atoms with Gasteiger partial charge in [-0.15, -0.1) is 0 Å². The SMILES string of the molecule is CC(=O)Nc1ccc2c(c1)OC1(CCCC1)O2. The third-order valence-electron chi connectivity index (χ3n) is 3.22. The van der Waals surface area contributed by atoms with Crippen LogP contribution in [0.25, 0.3) is 0 Å². The van der Waals surface area contributed by atoms with Crippen LogP contribution < -0.4 is 14.8 Å². The minimum Gasteiger partial charge on any atom is -0.448 e. The highest BCUT2D eigenvalue weighted by Crippen LogP contribution is 2.47. The average molecular weight is 233 g/mol. The highest BCUT2D eigenvalue weighted by atomic mass is 16.7. The van der Waals surface area contributed by atoms with Crippen LogP contribution in [0.2, 0.25) is 0 Å². The molecule has 1 heterocycles. The predicted octanol–water partition coefficient (Wildman–Crippen LogP) is 2.69. The molecule has 90 valence electrons. The molecule has 1 aliphatic carbocycles. The first-order valence-electron chi connectivity index (χ1n) is 5.97. The van der Waals surface area contributed by atoms with Gasteiger partial charge in [0.25, 0.3) is 5.79 Å². The van der Waals surface area contributed by atoms with Crippen molar-refractivity contribution in [3.05, 3.63) is 18.2 Å². The molecular formula is C13H15NO3. The number of hydrogen-bond donors (Lipinski definition) is 1. The van der Waals surface area contributed by atoms with Crippen LogP contribution in [0.4, 0.5) is 5.69 Å². The number of ether oxygens (including phenoxy) is 2. The molecule has 0 atom stereocenters.